The molecule has 1 atom stereocenters. The van der Waals surface area contributed by atoms with E-state index < -0.39 is 6.10 Å². The third kappa shape index (κ3) is 2.42. The third-order valence-electron chi connectivity index (χ3n) is 4.17. The molecule has 1 aliphatic heterocycles. The zero-order chi connectivity index (χ0) is 14.1. The largest absolute Gasteiger partial charge is 0.479 e. The molecule has 0 aromatic heterocycles. The maximum atomic E-state index is 12.5. The molecule has 0 radical (unpaired) electrons. The van der Waals surface area contributed by atoms with Gasteiger partial charge < -0.3 is 10.1 Å². The van der Waals surface area contributed by atoms with Gasteiger partial charge in [-0.3, -0.25) is 9.59 Å². The standard InChI is InChI=1S/C16H19NO3/c1-10-16(19)17-13-9-12(7-8-14(13)20-10)15(18)11-5-3-2-4-6-11/h7-11H,2-6H2,1H3,(H,17,19). The quantitative estimate of drug-likeness (QED) is 0.842. The van der Waals surface area contributed by atoms with Gasteiger partial charge in [0.15, 0.2) is 11.9 Å². The fourth-order valence-electron chi connectivity index (χ4n) is 2.96. The molecule has 0 saturated heterocycles. The Morgan fingerprint density at radius 3 is 2.75 bits per heavy atom. The summed E-state index contributed by atoms with van der Waals surface area (Å²) in [6.07, 6.45) is 4.99. The number of nitrogens with one attached hydrogen (secondary N) is 1. The van der Waals surface area contributed by atoms with Gasteiger partial charge in [-0.2, -0.15) is 0 Å². The lowest BCUT2D eigenvalue weighted by molar-refractivity contribution is -0.122. The molecule has 20 heavy (non-hydrogen) atoms. The maximum absolute atomic E-state index is 12.5. The van der Waals surface area contributed by atoms with Crippen LogP contribution in [0.25, 0.3) is 0 Å². The Morgan fingerprint density at radius 2 is 2.00 bits per heavy atom. The van der Waals surface area contributed by atoms with Crippen LogP contribution in [0.5, 0.6) is 5.75 Å². The van der Waals surface area contributed by atoms with Gasteiger partial charge in [0.2, 0.25) is 0 Å². The average Bonchev–Trinajstić information content (AvgIpc) is 2.48. The number of benzene rings is 1. The zero-order valence-electron chi connectivity index (χ0n) is 11.6. The number of amides is 1. The second kappa shape index (κ2) is 5.27. The topological polar surface area (TPSA) is 55.4 Å². The molecule has 106 valence electrons. The summed E-state index contributed by atoms with van der Waals surface area (Å²) in [6, 6.07) is 5.33. The van der Waals surface area contributed by atoms with E-state index in [-0.39, 0.29) is 17.6 Å². The molecular weight excluding hydrogens is 254 g/mol. The summed E-state index contributed by atoms with van der Waals surface area (Å²) in [7, 11) is 0. The lowest BCUT2D eigenvalue weighted by Crippen LogP contribution is -2.34. The molecule has 4 heteroatoms. The molecule has 1 fully saturated rings. The van der Waals surface area contributed by atoms with Gasteiger partial charge >= 0.3 is 0 Å². The lowest BCUT2D eigenvalue weighted by atomic mass is 9.84. The molecule has 4 nitrogen and oxygen atoms in total. The van der Waals surface area contributed by atoms with Crippen molar-refractivity contribution >= 4 is 17.4 Å². The summed E-state index contributed by atoms with van der Waals surface area (Å²) in [5.74, 6) is 0.804. The Morgan fingerprint density at radius 1 is 1.25 bits per heavy atom. The Balaban J connectivity index is 1.83. The molecule has 1 amide bonds. The highest BCUT2D eigenvalue weighted by Gasteiger charge is 2.26. The van der Waals surface area contributed by atoms with Gasteiger partial charge in [-0.25, -0.2) is 0 Å². The number of hydrogen-bond donors (Lipinski definition) is 1. The first-order valence-electron chi connectivity index (χ1n) is 7.31. The van der Waals surface area contributed by atoms with Crippen molar-refractivity contribution in [3.63, 3.8) is 0 Å². The van der Waals surface area contributed by atoms with Crippen LogP contribution in [0.15, 0.2) is 18.2 Å². The molecule has 0 bridgehead atoms. The molecule has 1 unspecified atom stereocenters. The van der Waals surface area contributed by atoms with Crippen LogP contribution < -0.4 is 10.1 Å². The number of carbonyl (C=O) groups is 2. The number of ketones is 1. The van der Waals surface area contributed by atoms with Crippen molar-refractivity contribution in [1.82, 2.24) is 0 Å². The van der Waals surface area contributed by atoms with E-state index in [0.717, 1.165) is 25.7 Å². The first-order valence-corrected chi connectivity index (χ1v) is 7.31. The fourth-order valence-corrected chi connectivity index (χ4v) is 2.96. The van der Waals surface area contributed by atoms with E-state index in [9.17, 15) is 9.59 Å². The number of hydrogen-bond acceptors (Lipinski definition) is 3. The summed E-state index contributed by atoms with van der Waals surface area (Å²) in [4.78, 5) is 24.1. The first kappa shape index (κ1) is 13.2. The minimum atomic E-state index is -0.484. The van der Waals surface area contributed by atoms with Gasteiger partial charge in [0, 0.05) is 11.5 Å². The summed E-state index contributed by atoms with van der Waals surface area (Å²) >= 11 is 0. The zero-order valence-corrected chi connectivity index (χ0v) is 11.6. The van der Waals surface area contributed by atoms with Crippen LogP contribution in [0.4, 0.5) is 5.69 Å². The minimum Gasteiger partial charge on any atom is -0.479 e. The first-order chi connectivity index (χ1) is 9.65. The Labute approximate surface area is 118 Å². The Kier molecular flexibility index (Phi) is 3.47. The van der Waals surface area contributed by atoms with Crippen molar-refractivity contribution in [1.29, 1.82) is 0 Å². The van der Waals surface area contributed by atoms with E-state index in [1.807, 2.05) is 0 Å². The van der Waals surface area contributed by atoms with Crippen LogP contribution >= 0.6 is 0 Å². The fraction of sp³-hybridized carbons (Fsp3) is 0.500. The lowest BCUT2D eigenvalue weighted by Gasteiger charge is -2.24. The summed E-state index contributed by atoms with van der Waals surface area (Å²) < 4.78 is 5.50. The van der Waals surface area contributed by atoms with Gasteiger partial charge in [0.05, 0.1) is 5.69 Å². The molecular formula is C16H19NO3. The highest BCUT2D eigenvalue weighted by Crippen LogP contribution is 2.33. The smallest absolute Gasteiger partial charge is 0.265 e. The normalized spacial score (nSPS) is 22.6. The highest BCUT2D eigenvalue weighted by atomic mass is 16.5. The van der Waals surface area contributed by atoms with Crippen LogP contribution in [0, 0.1) is 5.92 Å². The maximum Gasteiger partial charge on any atom is 0.265 e. The average molecular weight is 273 g/mol. The van der Waals surface area contributed by atoms with Gasteiger partial charge in [-0.05, 0) is 38.0 Å². The van der Waals surface area contributed by atoms with Crippen molar-refractivity contribution in [2.75, 3.05) is 5.32 Å². The summed E-state index contributed by atoms with van der Waals surface area (Å²) in [6.45, 7) is 1.71. The Bertz CT molecular complexity index is 547. The van der Waals surface area contributed by atoms with Crippen molar-refractivity contribution in [2.45, 2.75) is 45.1 Å². The van der Waals surface area contributed by atoms with Crippen LogP contribution in [0.1, 0.15) is 49.4 Å². The van der Waals surface area contributed by atoms with E-state index in [0.29, 0.717) is 17.0 Å². The third-order valence-corrected chi connectivity index (χ3v) is 4.17. The second-order valence-electron chi connectivity index (χ2n) is 5.66. The number of ether oxygens (including phenoxy) is 1. The summed E-state index contributed by atoms with van der Waals surface area (Å²) in [5.41, 5.74) is 1.28. The van der Waals surface area contributed by atoms with E-state index in [4.69, 9.17) is 4.74 Å². The van der Waals surface area contributed by atoms with E-state index >= 15 is 0 Å². The van der Waals surface area contributed by atoms with Crippen LogP contribution in [0.2, 0.25) is 0 Å². The molecule has 2 aliphatic rings. The summed E-state index contributed by atoms with van der Waals surface area (Å²) in [5, 5.41) is 2.79. The minimum absolute atomic E-state index is 0.140. The number of anilines is 1. The van der Waals surface area contributed by atoms with Crippen molar-refractivity contribution in [3.8, 4) is 5.75 Å². The van der Waals surface area contributed by atoms with Crippen molar-refractivity contribution < 1.29 is 14.3 Å². The predicted octanol–water partition coefficient (Wildman–Crippen LogP) is 3.17. The van der Waals surface area contributed by atoms with Gasteiger partial charge in [0.25, 0.3) is 5.91 Å². The molecule has 1 saturated carbocycles. The molecule has 1 aromatic rings. The van der Waals surface area contributed by atoms with Gasteiger partial charge in [0.1, 0.15) is 5.75 Å². The van der Waals surface area contributed by atoms with Crippen LogP contribution in [-0.2, 0) is 4.79 Å². The second-order valence-corrected chi connectivity index (χ2v) is 5.66. The SMILES string of the molecule is CC1Oc2ccc(C(=O)C3CCCCC3)cc2NC1=O. The van der Waals surface area contributed by atoms with Crippen molar-refractivity contribution in [3.05, 3.63) is 23.8 Å². The molecule has 1 heterocycles. The molecule has 0 spiro atoms. The number of fused-ring (bicyclic) bond motifs is 1. The van der Waals surface area contributed by atoms with E-state index in [1.54, 1.807) is 25.1 Å². The predicted molar refractivity (Wildman–Crippen MR) is 76.1 cm³/mol. The van der Waals surface area contributed by atoms with Crippen LogP contribution in [0.3, 0.4) is 0 Å². The van der Waals surface area contributed by atoms with Crippen molar-refractivity contribution in [2.24, 2.45) is 5.92 Å². The molecule has 1 aromatic carbocycles. The van der Waals surface area contributed by atoms with Gasteiger partial charge in [-0.1, -0.05) is 19.3 Å². The molecule has 1 aliphatic carbocycles. The monoisotopic (exact) mass is 273 g/mol. The molecule has 1 N–H and O–H groups in total. The van der Waals surface area contributed by atoms with Crippen LogP contribution in [-0.4, -0.2) is 17.8 Å². The van der Waals surface area contributed by atoms with E-state index in [2.05, 4.69) is 5.32 Å². The number of carbonyl (C=O) groups excluding carboxylic acids is 2. The van der Waals surface area contributed by atoms with Gasteiger partial charge in [-0.15, -0.1) is 0 Å². The van der Waals surface area contributed by atoms with E-state index in [1.165, 1.54) is 6.42 Å². The Hall–Kier alpha value is -1.84. The molecule has 3 rings (SSSR count). The number of Topliss-reactive ketones (excluding diaryl/α,β-unsaturated/α-hetero) is 1. The highest BCUT2D eigenvalue weighted by molar-refractivity contribution is 6.02. The number of rotatable bonds is 2.